The molecule has 1 atom stereocenters. The van der Waals surface area contributed by atoms with E-state index < -0.39 is 5.72 Å². The average molecular weight is 299 g/mol. The first-order valence-electron chi connectivity index (χ1n) is 9.11. The zero-order valence-electron chi connectivity index (χ0n) is 14.5. The van der Waals surface area contributed by atoms with E-state index in [4.69, 9.17) is 0 Å². The van der Waals surface area contributed by atoms with Gasteiger partial charge in [-0.1, -0.05) is 78.6 Å². The molecule has 0 aromatic rings. The number of rotatable bonds is 14. The number of carbonyl (C=O) groups is 1. The molecule has 3 nitrogen and oxygen atoms in total. The molecule has 3 heteroatoms. The van der Waals surface area contributed by atoms with Crippen molar-refractivity contribution in [3.05, 3.63) is 0 Å². The summed E-state index contributed by atoms with van der Waals surface area (Å²) in [6, 6.07) is 0. The average Bonchev–Trinajstić information content (AvgIpc) is 2.45. The zero-order chi connectivity index (χ0) is 16.0. The van der Waals surface area contributed by atoms with Gasteiger partial charge in [0, 0.05) is 6.42 Å². The molecule has 0 rings (SSSR count). The first kappa shape index (κ1) is 20.4. The third-order valence-corrected chi connectivity index (χ3v) is 4.13. The Morgan fingerprint density at radius 3 is 1.86 bits per heavy atom. The summed E-state index contributed by atoms with van der Waals surface area (Å²) >= 11 is 0. The molecule has 0 saturated heterocycles. The lowest BCUT2D eigenvalue weighted by atomic mass is 10.0. The predicted molar refractivity (Wildman–Crippen MR) is 90.1 cm³/mol. The van der Waals surface area contributed by atoms with Crippen molar-refractivity contribution >= 4 is 5.91 Å². The minimum absolute atomic E-state index is 0.00394. The maximum absolute atomic E-state index is 11.8. The van der Waals surface area contributed by atoms with Crippen molar-refractivity contribution in [1.29, 1.82) is 0 Å². The van der Waals surface area contributed by atoms with Gasteiger partial charge in [0.15, 0.2) is 0 Å². The van der Waals surface area contributed by atoms with Crippen molar-refractivity contribution < 1.29 is 9.90 Å². The molecule has 0 aliphatic rings. The van der Waals surface area contributed by atoms with Crippen LogP contribution in [0.2, 0.25) is 0 Å². The van der Waals surface area contributed by atoms with Crippen LogP contribution in [0.3, 0.4) is 0 Å². The lowest BCUT2D eigenvalue weighted by Crippen LogP contribution is -2.47. The van der Waals surface area contributed by atoms with Gasteiger partial charge in [-0.15, -0.1) is 0 Å². The number of carbonyl (C=O) groups excluding carboxylic acids is 1. The third kappa shape index (κ3) is 11.7. The predicted octanol–water partition coefficient (Wildman–Crippen LogP) is 4.92. The van der Waals surface area contributed by atoms with Crippen LogP contribution in [-0.4, -0.2) is 16.7 Å². The number of amides is 1. The van der Waals surface area contributed by atoms with E-state index in [0.717, 1.165) is 19.3 Å². The Balaban J connectivity index is 3.53. The Morgan fingerprint density at radius 2 is 1.38 bits per heavy atom. The topological polar surface area (TPSA) is 49.3 Å². The number of hydrogen-bond donors (Lipinski definition) is 2. The van der Waals surface area contributed by atoms with Gasteiger partial charge in [-0.2, -0.15) is 0 Å². The van der Waals surface area contributed by atoms with Crippen LogP contribution in [0.25, 0.3) is 0 Å². The normalized spacial score (nSPS) is 13.9. The number of aliphatic hydroxyl groups is 1. The number of unbranched alkanes of at least 4 members (excludes halogenated alkanes) is 8. The molecule has 0 radical (unpaired) electrons. The Bertz CT molecular complexity index is 256. The summed E-state index contributed by atoms with van der Waals surface area (Å²) in [5.41, 5.74) is -0.995. The first-order valence-corrected chi connectivity index (χ1v) is 9.11. The second kappa shape index (κ2) is 13.1. The minimum Gasteiger partial charge on any atom is -0.371 e. The summed E-state index contributed by atoms with van der Waals surface area (Å²) in [7, 11) is 0. The van der Waals surface area contributed by atoms with Gasteiger partial charge in [-0.3, -0.25) is 4.79 Å². The molecule has 0 heterocycles. The van der Waals surface area contributed by atoms with Gasteiger partial charge in [-0.05, 0) is 19.3 Å². The molecule has 0 fully saturated rings. The maximum atomic E-state index is 11.8. The van der Waals surface area contributed by atoms with Gasteiger partial charge in [0.25, 0.3) is 0 Å². The van der Waals surface area contributed by atoms with Crippen LogP contribution in [0.15, 0.2) is 0 Å². The number of hydrogen-bond acceptors (Lipinski definition) is 2. The monoisotopic (exact) mass is 299 g/mol. The fraction of sp³-hybridized carbons (Fsp3) is 0.944. The van der Waals surface area contributed by atoms with E-state index in [1.807, 2.05) is 13.8 Å². The fourth-order valence-corrected chi connectivity index (χ4v) is 2.66. The van der Waals surface area contributed by atoms with Gasteiger partial charge in [0.05, 0.1) is 0 Å². The summed E-state index contributed by atoms with van der Waals surface area (Å²) in [5.74, 6) is -0.00394. The summed E-state index contributed by atoms with van der Waals surface area (Å²) in [4.78, 5) is 11.8. The molecule has 1 unspecified atom stereocenters. The zero-order valence-corrected chi connectivity index (χ0v) is 14.5. The molecular formula is C18H37NO2. The van der Waals surface area contributed by atoms with Gasteiger partial charge in [0.1, 0.15) is 5.72 Å². The van der Waals surface area contributed by atoms with Crippen molar-refractivity contribution in [2.75, 3.05) is 0 Å². The Hall–Kier alpha value is -0.570. The van der Waals surface area contributed by atoms with E-state index in [0.29, 0.717) is 19.3 Å². The highest BCUT2D eigenvalue weighted by molar-refractivity contribution is 5.76. The van der Waals surface area contributed by atoms with E-state index >= 15 is 0 Å². The van der Waals surface area contributed by atoms with Gasteiger partial charge in [-0.25, -0.2) is 0 Å². The molecule has 0 aliphatic carbocycles. The molecule has 0 aromatic heterocycles. The van der Waals surface area contributed by atoms with Crippen molar-refractivity contribution in [2.24, 2.45) is 0 Å². The van der Waals surface area contributed by atoms with Crippen LogP contribution in [0.5, 0.6) is 0 Å². The van der Waals surface area contributed by atoms with E-state index in [2.05, 4.69) is 12.2 Å². The van der Waals surface area contributed by atoms with Crippen LogP contribution in [0.1, 0.15) is 104 Å². The third-order valence-electron chi connectivity index (χ3n) is 4.13. The molecular weight excluding hydrogens is 262 g/mol. The summed E-state index contributed by atoms with van der Waals surface area (Å²) < 4.78 is 0. The van der Waals surface area contributed by atoms with E-state index in [1.165, 1.54) is 44.9 Å². The Labute approximate surface area is 131 Å². The lowest BCUT2D eigenvalue weighted by molar-refractivity contribution is -0.129. The van der Waals surface area contributed by atoms with Crippen molar-refractivity contribution in [2.45, 2.75) is 110 Å². The molecule has 126 valence electrons. The molecule has 2 N–H and O–H groups in total. The van der Waals surface area contributed by atoms with Crippen LogP contribution in [-0.2, 0) is 4.79 Å². The molecule has 1 amide bonds. The van der Waals surface area contributed by atoms with E-state index in [9.17, 15) is 9.90 Å². The highest BCUT2D eigenvalue weighted by atomic mass is 16.3. The summed E-state index contributed by atoms with van der Waals surface area (Å²) in [5, 5.41) is 13.0. The first-order chi connectivity index (χ1) is 10.1. The highest BCUT2D eigenvalue weighted by Crippen LogP contribution is 2.15. The molecule has 0 bridgehead atoms. The minimum atomic E-state index is -0.995. The van der Waals surface area contributed by atoms with Gasteiger partial charge in [0.2, 0.25) is 5.91 Å². The van der Waals surface area contributed by atoms with E-state index in [-0.39, 0.29) is 5.91 Å². The van der Waals surface area contributed by atoms with E-state index in [1.54, 1.807) is 0 Å². The number of nitrogens with one attached hydrogen (secondary N) is 1. The van der Waals surface area contributed by atoms with Crippen LogP contribution in [0, 0.1) is 0 Å². The second-order valence-electron chi connectivity index (χ2n) is 6.26. The van der Waals surface area contributed by atoms with Crippen molar-refractivity contribution in [3.63, 3.8) is 0 Å². The highest BCUT2D eigenvalue weighted by Gasteiger charge is 2.24. The Kier molecular flexibility index (Phi) is 12.8. The summed E-state index contributed by atoms with van der Waals surface area (Å²) in [6.07, 6.45) is 13.9. The smallest absolute Gasteiger partial charge is 0.222 e. The molecule has 0 aromatic carbocycles. The molecule has 0 saturated carbocycles. The standard InChI is InChI=1S/C18H37NO2/c1-4-7-8-9-10-11-12-13-14-15-17(20)19-18(21,6-3)16-5-2/h21H,4-16H2,1-3H3,(H,19,20). The van der Waals surface area contributed by atoms with Gasteiger partial charge >= 0.3 is 0 Å². The van der Waals surface area contributed by atoms with Crippen LogP contribution in [0.4, 0.5) is 0 Å². The summed E-state index contributed by atoms with van der Waals surface area (Å²) in [6.45, 7) is 6.17. The largest absolute Gasteiger partial charge is 0.371 e. The maximum Gasteiger partial charge on any atom is 0.222 e. The van der Waals surface area contributed by atoms with Gasteiger partial charge < -0.3 is 10.4 Å². The SMILES string of the molecule is CCCCCCCCCCCC(=O)NC(O)(CC)CCC. The Morgan fingerprint density at radius 1 is 0.857 bits per heavy atom. The quantitative estimate of drug-likeness (QED) is 0.353. The van der Waals surface area contributed by atoms with Crippen molar-refractivity contribution in [1.82, 2.24) is 5.32 Å². The van der Waals surface area contributed by atoms with Crippen LogP contribution >= 0.6 is 0 Å². The fourth-order valence-electron chi connectivity index (χ4n) is 2.66. The molecule has 0 spiro atoms. The lowest BCUT2D eigenvalue weighted by Gasteiger charge is -2.27. The molecule has 0 aliphatic heterocycles. The van der Waals surface area contributed by atoms with Crippen molar-refractivity contribution in [3.8, 4) is 0 Å². The van der Waals surface area contributed by atoms with Crippen LogP contribution < -0.4 is 5.32 Å². The molecule has 21 heavy (non-hydrogen) atoms. The second-order valence-corrected chi connectivity index (χ2v) is 6.26.